The van der Waals surface area contributed by atoms with Gasteiger partial charge in [-0.25, -0.2) is 13.6 Å². The minimum absolute atomic E-state index is 0.195. The number of amides is 2. The summed E-state index contributed by atoms with van der Waals surface area (Å²) in [7, 11) is 3.12. The largest absolute Gasteiger partial charge is 0.493 e. The van der Waals surface area contributed by atoms with Gasteiger partial charge in [-0.1, -0.05) is 24.3 Å². The van der Waals surface area contributed by atoms with Crippen LogP contribution in [0.5, 0.6) is 11.5 Å². The Hall–Kier alpha value is -4.07. The lowest BCUT2D eigenvalue weighted by atomic mass is 9.90. The summed E-state index contributed by atoms with van der Waals surface area (Å²) in [4.78, 5) is 15.8. The zero-order valence-electron chi connectivity index (χ0n) is 18.1. The first kappa shape index (κ1) is 22.1. The first-order valence-electron chi connectivity index (χ1n) is 10.3. The number of H-pyrrole nitrogens is 1. The van der Waals surface area contributed by atoms with Crippen LogP contribution >= 0.6 is 0 Å². The van der Waals surface area contributed by atoms with Crippen LogP contribution < -0.4 is 20.1 Å². The number of halogens is 2. The molecule has 3 aromatic carbocycles. The predicted octanol–water partition coefficient (Wildman–Crippen LogP) is 5.42. The molecule has 4 rings (SSSR count). The van der Waals surface area contributed by atoms with Gasteiger partial charge in [-0.15, -0.1) is 0 Å². The number of aromatic nitrogens is 1. The van der Waals surface area contributed by atoms with Crippen molar-refractivity contribution in [2.45, 2.75) is 5.92 Å². The average Bonchev–Trinajstić information content (AvgIpc) is 3.25. The third-order valence-electron chi connectivity index (χ3n) is 5.45. The van der Waals surface area contributed by atoms with E-state index in [4.69, 9.17) is 9.47 Å². The van der Waals surface area contributed by atoms with Gasteiger partial charge < -0.3 is 25.1 Å². The number of rotatable bonds is 7. The molecule has 1 heterocycles. The highest BCUT2D eigenvalue weighted by molar-refractivity contribution is 5.89. The second-order valence-corrected chi connectivity index (χ2v) is 7.42. The van der Waals surface area contributed by atoms with Crippen molar-refractivity contribution in [2.24, 2.45) is 0 Å². The summed E-state index contributed by atoms with van der Waals surface area (Å²) < 4.78 is 38.1. The summed E-state index contributed by atoms with van der Waals surface area (Å²) >= 11 is 0. The quantitative estimate of drug-likeness (QED) is 0.351. The van der Waals surface area contributed by atoms with Gasteiger partial charge in [-0.2, -0.15) is 0 Å². The van der Waals surface area contributed by atoms with Crippen molar-refractivity contribution in [3.8, 4) is 11.5 Å². The van der Waals surface area contributed by atoms with Gasteiger partial charge in [0, 0.05) is 35.6 Å². The Balaban J connectivity index is 1.63. The zero-order chi connectivity index (χ0) is 23.4. The van der Waals surface area contributed by atoms with Crippen LogP contribution in [0.3, 0.4) is 0 Å². The molecule has 1 atom stereocenters. The molecule has 3 N–H and O–H groups in total. The molecule has 0 saturated carbocycles. The molecule has 8 heteroatoms. The minimum atomic E-state index is -0.723. The van der Waals surface area contributed by atoms with E-state index in [9.17, 15) is 13.6 Å². The van der Waals surface area contributed by atoms with Crippen LogP contribution in [-0.4, -0.2) is 31.8 Å². The van der Waals surface area contributed by atoms with Crippen LogP contribution in [-0.2, 0) is 0 Å². The summed E-state index contributed by atoms with van der Waals surface area (Å²) in [6.07, 6.45) is 1.90. The van der Waals surface area contributed by atoms with Gasteiger partial charge in [-0.05, 0) is 41.5 Å². The molecular weight excluding hydrogens is 428 g/mol. The van der Waals surface area contributed by atoms with Crippen LogP contribution in [0, 0.1) is 11.6 Å². The lowest BCUT2D eigenvalue weighted by Crippen LogP contribution is -2.33. The number of carbonyl (C=O) groups is 1. The maximum Gasteiger partial charge on any atom is 0.319 e. The molecule has 1 unspecified atom stereocenters. The molecule has 6 nitrogen and oxygen atoms in total. The van der Waals surface area contributed by atoms with Gasteiger partial charge >= 0.3 is 6.03 Å². The Morgan fingerprint density at radius 2 is 1.79 bits per heavy atom. The lowest BCUT2D eigenvalue weighted by Gasteiger charge is -2.20. The van der Waals surface area contributed by atoms with Crippen molar-refractivity contribution >= 4 is 22.6 Å². The highest BCUT2D eigenvalue weighted by Crippen LogP contribution is 2.35. The Kier molecular flexibility index (Phi) is 6.44. The van der Waals surface area contributed by atoms with E-state index in [1.807, 2.05) is 42.6 Å². The van der Waals surface area contributed by atoms with Crippen LogP contribution in [0.1, 0.15) is 17.0 Å². The molecule has 0 saturated heterocycles. The second-order valence-electron chi connectivity index (χ2n) is 7.42. The molecule has 33 heavy (non-hydrogen) atoms. The maximum atomic E-state index is 13.9. The van der Waals surface area contributed by atoms with Gasteiger partial charge in [-0.3, -0.25) is 0 Å². The van der Waals surface area contributed by atoms with Crippen molar-refractivity contribution in [3.63, 3.8) is 0 Å². The SMILES string of the molecule is COc1ccc(C(CNC(=O)Nc2cc(F)ccc2F)c2c[nH]c3ccccc23)cc1OC. The normalized spacial score (nSPS) is 11.8. The molecular formula is C25H23F2N3O3. The van der Waals surface area contributed by atoms with Crippen molar-refractivity contribution < 1.29 is 23.0 Å². The van der Waals surface area contributed by atoms with E-state index in [1.165, 1.54) is 0 Å². The Morgan fingerprint density at radius 1 is 1.00 bits per heavy atom. The Bertz CT molecular complexity index is 1290. The number of aromatic amines is 1. The third-order valence-corrected chi connectivity index (χ3v) is 5.45. The third kappa shape index (κ3) is 4.74. The number of hydrogen-bond donors (Lipinski definition) is 3. The molecule has 0 aliphatic rings. The van der Waals surface area contributed by atoms with Gasteiger partial charge in [0.1, 0.15) is 11.6 Å². The molecule has 0 bridgehead atoms. The van der Waals surface area contributed by atoms with E-state index < -0.39 is 17.7 Å². The summed E-state index contributed by atoms with van der Waals surface area (Å²) in [5.41, 5.74) is 2.58. The number of methoxy groups -OCH3 is 2. The number of para-hydroxylation sites is 1. The van der Waals surface area contributed by atoms with Crippen molar-refractivity contribution in [2.75, 3.05) is 26.1 Å². The zero-order valence-corrected chi connectivity index (χ0v) is 18.1. The lowest BCUT2D eigenvalue weighted by molar-refractivity contribution is 0.251. The van der Waals surface area contributed by atoms with Crippen LogP contribution in [0.15, 0.2) is 66.9 Å². The molecule has 2 amide bonds. The molecule has 170 valence electrons. The Labute approximate surface area is 189 Å². The van der Waals surface area contributed by atoms with Crippen LogP contribution in [0.2, 0.25) is 0 Å². The number of carbonyl (C=O) groups excluding carboxylic acids is 1. The molecule has 1 aromatic heterocycles. The highest BCUT2D eigenvalue weighted by Gasteiger charge is 2.21. The minimum Gasteiger partial charge on any atom is -0.493 e. The summed E-state index contributed by atoms with van der Waals surface area (Å²) in [6.45, 7) is 0.195. The van der Waals surface area contributed by atoms with Gasteiger partial charge in [0.15, 0.2) is 11.5 Å². The number of hydrogen-bond acceptors (Lipinski definition) is 3. The fraction of sp³-hybridized carbons (Fsp3) is 0.160. The number of benzene rings is 3. The molecule has 0 spiro atoms. The summed E-state index contributed by atoms with van der Waals surface area (Å²) in [5, 5.41) is 6.14. The topological polar surface area (TPSA) is 75.4 Å². The first-order valence-corrected chi connectivity index (χ1v) is 10.3. The highest BCUT2D eigenvalue weighted by atomic mass is 19.1. The number of nitrogens with one attached hydrogen (secondary N) is 3. The number of urea groups is 1. The van der Waals surface area contributed by atoms with Crippen molar-refractivity contribution in [1.82, 2.24) is 10.3 Å². The smallest absolute Gasteiger partial charge is 0.319 e. The van der Waals surface area contributed by atoms with Gasteiger partial charge in [0.05, 0.1) is 19.9 Å². The standard InChI is InChI=1S/C25H23F2N3O3/c1-32-23-10-7-15(11-24(23)33-2)18(19-14-28-21-6-4-3-5-17(19)21)13-29-25(31)30-22-12-16(26)8-9-20(22)27/h3-12,14,18,28H,13H2,1-2H3,(H2,29,30,31). The second kappa shape index (κ2) is 9.60. The fourth-order valence-electron chi connectivity index (χ4n) is 3.81. The average molecular weight is 451 g/mol. The van der Waals surface area contributed by atoms with Crippen LogP contribution in [0.4, 0.5) is 19.3 Å². The number of fused-ring (bicyclic) bond motifs is 1. The molecule has 0 aliphatic heterocycles. The fourth-order valence-corrected chi connectivity index (χ4v) is 3.81. The van der Waals surface area contributed by atoms with Crippen molar-refractivity contribution in [1.29, 1.82) is 0 Å². The predicted molar refractivity (Wildman–Crippen MR) is 123 cm³/mol. The number of anilines is 1. The van der Waals surface area contributed by atoms with E-state index in [0.717, 1.165) is 40.2 Å². The molecule has 4 aromatic rings. The summed E-state index contributed by atoms with van der Waals surface area (Å²) in [5.74, 6) is -0.477. The number of ether oxygens (including phenoxy) is 2. The van der Waals surface area contributed by atoms with Gasteiger partial charge in [0.2, 0.25) is 0 Å². The van der Waals surface area contributed by atoms with Crippen LogP contribution in [0.25, 0.3) is 10.9 Å². The Morgan fingerprint density at radius 3 is 2.58 bits per heavy atom. The first-order chi connectivity index (χ1) is 16.0. The van der Waals surface area contributed by atoms with E-state index in [2.05, 4.69) is 15.6 Å². The van der Waals surface area contributed by atoms with Gasteiger partial charge in [0.25, 0.3) is 0 Å². The van der Waals surface area contributed by atoms with E-state index in [1.54, 1.807) is 20.3 Å². The molecule has 0 radical (unpaired) electrons. The maximum absolute atomic E-state index is 13.9. The molecule has 0 fully saturated rings. The van der Waals surface area contributed by atoms with E-state index >= 15 is 0 Å². The monoisotopic (exact) mass is 451 g/mol. The molecule has 0 aliphatic carbocycles. The summed E-state index contributed by atoms with van der Waals surface area (Å²) in [6, 6.07) is 15.6. The van der Waals surface area contributed by atoms with Crippen molar-refractivity contribution in [3.05, 3.63) is 89.6 Å². The van der Waals surface area contributed by atoms with E-state index in [0.29, 0.717) is 11.5 Å². The van der Waals surface area contributed by atoms with E-state index in [-0.39, 0.29) is 18.2 Å².